The summed E-state index contributed by atoms with van der Waals surface area (Å²) in [4.78, 5) is 9.69. The van der Waals surface area contributed by atoms with Crippen LogP contribution in [0, 0.1) is 0 Å². The van der Waals surface area contributed by atoms with Gasteiger partial charge in [0.1, 0.15) is 5.84 Å². The first-order valence-corrected chi connectivity index (χ1v) is 8.11. The molecular weight excluding hydrogens is 278 g/mol. The van der Waals surface area contributed by atoms with Crippen molar-refractivity contribution in [2.45, 2.75) is 12.8 Å². The SMILES string of the molecule is COCCN1CCC/C1=N\c1ccccc1N1CCOCC1. The van der Waals surface area contributed by atoms with Gasteiger partial charge in [0.2, 0.25) is 0 Å². The van der Waals surface area contributed by atoms with Gasteiger partial charge in [-0.2, -0.15) is 0 Å². The molecule has 1 aromatic carbocycles. The standard InChI is InChI=1S/C17H25N3O2/c1-21-12-9-20-8-4-7-17(20)18-15-5-2-3-6-16(15)19-10-13-22-14-11-19/h2-3,5-6H,4,7-14H2,1H3/b18-17+. The van der Waals surface area contributed by atoms with E-state index in [2.05, 4.69) is 34.1 Å². The maximum atomic E-state index is 5.46. The number of para-hydroxylation sites is 2. The number of rotatable bonds is 5. The van der Waals surface area contributed by atoms with Crippen LogP contribution in [0.5, 0.6) is 0 Å². The zero-order valence-electron chi connectivity index (χ0n) is 13.3. The van der Waals surface area contributed by atoms with Crippen LogP contribution in [0.15, 0.2) is 29.3 Å². The van der Waals surface area contributed by atoms with E-state index in [9.17, 15) is 0 Å². The van der Waals surface area contributed by atoms with Gasteiger partial charge in [-0.05, 0) is 18.6 Å². The zero-order chi connectivity index (χ0) is 15.2. The average Bonchev–Trinajstić information content (AvgIpc) is 3.01. The number of ether oxygens (including phenoxy) is 2. The molecule has 0 bridgehead atoms. The van der Waals surface area contributed by atoms with Crippen molar-refractivity contribution >= 4 is 17.2 Å². The largest absolute Gasteiger partial charge is 0.383 e. The number of hydrogen-bond acceptors (Lipinski definition) is 4. The summed E-state index contributed by atoms with van der Waals surface area (Å²) in [6.07, 6.45) is 2.24. The lowest BCUT2D eigenvalue weighted by molar-refractivity contribution is 0.123. The number of likely N-dealkylation sites (tertiary alicyclic amines) is 1. The van der Waals surface area contributed by atoms with Crippen molar-refractivity contribution in [3.8, 4) is 0 Å². The van der Waals surface area contributed by atoms with E-state index in [0.717, 1.165) is 58.1 Å². The van der Waals surface area contributed by atoms with Crippen LogP contribution in [0.1, 0.15) is 12.8 Å². The Morgan fingerprint density at radius 3 is 2.82 bits per heavy atom. The maximum absolute atomic E-state index is 5.46. The molecule has 0 radical (unpaired) electrons. The average molecular weight is 303 g/mol. The smallest absolute Gasteiger partial charge is 0.105 e. The molecule has 120 valence electrons. The fraction of sp³-hybridized carbons (Fsp3) is 0.588. The molecule has 22 heavy (non-hydrogen) atoms. The van der Waals surface area contributed by atoms with Crippen molar-refractivity contribution in [2.75, 3.05) is 58.0 Å². The Morgan fingerprint density at radius 2 is 2.00 bits per heavy atom. The Balaban J connectivity index is 1.80. The fourth-order valence-corrected chi connectivity index (χ4v) is 3.05. The fourth-order valence-electron chi connectivity index (χ4n) is 3.05. The van der Waals surface area contributed by atoms with Crippen molar-refractivity contribution < 1.29 is 9.47 Å². The molecule has 2 saturated heterocycles. The van der Waals surface area contributed by atoms with E-state index in [0.29, 0.717) is 0 Å². The van der Waals surface area contributed by atoms with Gasteiger partial charge in [0.25, 0.3) is 0 Å². The molecule has 2 aliphatic heterocycles. The first-order valence-electron chi connectivity index (χ1n) is 8.11. The van der Waals surface area contributed by atoms with Crippen molar-refractivity contribution in [2.24, 2.45) is 4.99 Å². The molecular formula is C17H25N3O2. The van der Waals surface area contributed by atoms with Crippen LogP contribution < -0.4 is 4.90 Å². The van der Waals surface area contributed by atoms with E-state index in [1.807, 2.05) is 0 Å². The van der Waals surface area contributed by atoms with Gasteiger partial charge in [0.05, 0.1) is 31.2 Å². The zero-order valence-corrected chi connectivity index (χ0v) is 13.3. The molecule has 5 nitrogen and oxygen atoms in total. The monoisotopic (exact) mass is 303 g/mol. The molecule has 0 unspecified atom stereocenters. The summed E-state index contributed by atoms with van der Waals surface area (Å²) in [6, 6.07) is 8.44. The Labute approximate surface area is 132 Å². The summed E-state index contributed by atoms with van der Waals surface area (Å²) in [5.41, 5.74) is 2.29. The van der Waals surface area contributed by atoms with Gasteiger partial charge < -0.3 is 19.3 Å². The van der Waals surface area contributed by atoms with Gasteiger partial charge in [-0.3, -0.25) is 0 Å². The summed E-state index contributed by atoms with van der Waals surface area (Å²) < 4.78 is 10.7. The normalized spacial score (nSPS) is 20.9. The molecule has 0 N–H and O–H groups in total. The van der Waals surface area contributed by atoms with Crippen molar-refractivity contribution in [3.05, 3.63) is 24.3 Å². The molecule has 0 aliphatic carbocycles. The molecule has 2 fully saturated rings. The Morgan fingerprint density at radius 1 is 1.18 bits per heavy atom. The number of hydrogen-bond donors (Lipinski definition) is 0. The van der Waals surface area contributed by atoms with E-state index >= 15 is 0 Å². The third-order valence-electron chi connectivity index (χ3n) is 4.24. The van der Waals surface area contributed by atoms with Crippen LogP contribution >= 0.6 is 0 Å². The maximum Gasteiger partial charge on any atom is 0.105 e. The second kappa shape index (κ2) is 7.61. The lowest BCUT2D eigenvalue weighted by atomic mass is 10.2. The van der Waals surface area contributed by atoms with Gasteiger partial charge in [0.15, 0.2) is 0 Å². The molecule has 1 aromatic rings. The van der Waals surface area contributed by atoms with Gasteiger partial charge in [0, 0.05) is 39.7 Å². The molecule has 0 saturated carbocycles. The second-order valence-corrected chi connectivity index (χ2v) is 5.70. The third-order valence-corrected chi connectivity index (χ3v) is 4.24. The molecule has 5 heteroatoms. The highest BCUT2D eigenvalue weighted by molar-refractivity contribution is 5.88. The minimum atomic E-state index is 0.754. The molecule has 0 atom stereocenters. The third kappa shape index (κ3) is 3.59. The number of benzene rings is 1. The van der Waals surface area contributed by atoms with Crippen molar-refractivity contribution in [3.63, 3.8) is 0 Å². The molecule has 3 rings (SSSR count). The predicted molar refractivity (Wildman–Crippen MR) is 89.3 cm³/mol. The topological polar surface area (TPSA) is 37.3 Å². The van der Waals surface area contributed by atoms with Crippen LogP contribution in [0.2, 0.25) is 0 Å². The highest BCUT2D eigenvalue weighted by atomic mass is 16.5. The molecule has 2 aliphatic rings. The summed E-state index contributed by atoms with van der Waals surface area (Å²) in [7, 11) is 1.75. The number of nitrogens with zero attached hydrogens (tertiary/aromatic N) is 3. The van der Waals surface area contributed by atoms with E-state index < -0.39 is 0 Å². The number of methoxy groups -OCH3 is 1. The minimum absolute atomic E-state index is 0.754. The van der Waals surface area contributed by atoms with Gasteiger partial charge in [-0.15, -0.1) is 0 Å². The van der Waals surface area contributed by atoms with Crippen LogP contribution in [-0.4, -0.2) is 63.8 Å². The summed E-state index contributed by atoms with van der Waals surface area (Å²) in [5, 5.41) is 0. The lowest BCUT2D eigenvalue weighted by Gasteiger charge is -2.30. The lowest BCUT2D eigenvalue weighted by Crippen LogP contribution is -2.36. The Bertz CT molecular complexity index is 512. The first kappa shape index (κ1) is 15.3. The van der Waals surface area contributed by atoms with Crippen molar-refractivity contribution in [1.29, 1.82) is 0 Å². The van der Waals surface area contributed by atoms with Gasteiger partial charge >= 0.3 is 0 Å². The van der Waals surface area contributed by atoms with Crippen LogP contribution in [0.25, 0.3) is 0 Å². The molecule has 2 heterocycles. The van der Waals surface area contributed by atoms with Crippen LogP contribution in [0.4, 0.5) is 11.4 Å². The van der Waals surface area contributed by atoms with E-state index in [-0.39, 0.29) is 0 Å². The van der Waals surface area contributed by atoms with E-state index in [4.69, 9.17) is 14.5 Å². The summed E-state index contributed by atoms with van der Waals surface area (Å²) in [6.45, 7) is 6.24. The van der Waals surface area contributed by atoms with E-state index in [1.54, 1.807) is 7.11 Å². The molecule has 0 spiro atoms. The minimum Gasteiger partial charge on any atom is -0.383 e. The highest BCUT2D eigenvalue weighted by Crippen LogP contribution is 2.30. The van der Waals surface area contributed by atoms with Crippen molar-refractivity contribution in [1.82, 2.24) is 4.90 Å². The summed E-state index contributed by atoms with van der Waals surface area (Å²) in [5.74, 6) is 1.19. The van der Waals surface area contributed by atoms with Gasteiger partial charge in [-0.1, -0.05) is 12.1 Å². The second-order valence-electron chi connectivity index (χ2n) is 5.70. The number of anilines is 1. The van der Waals surface area contributed by atoms with Crippen LogP contribution in [-0.2, 0) is 9.47 Å². The summed E-state index contributed by atoms with van der Waals surface area (Å²) >= 11 is 0. The Kier molecular flexibility index (Phi) is 5.29. The first-order chi connectivity index (χ1) is 10.9. The van der Waals surface area contributed by atoms with Gasteiger partial charge in [-0.25, -0.2) is 4.99 Å². The number of amidine groups is 1. The number of morpholine rings is 1. The quantitative estimate of drug-likeness (QED) is 0.836. The molecule has 0 amide bonds. The highest BCUT2D eigenvalue weighted by Gasteiger charge is 2.20. The molecule has 0 aromatic heterocycles. The Hall–Kier alpha value is -1.59. The number of aliphatic imine (C=N–C) groups is 1. The van der Waals surface area contributed by atoms with E-state index in [1.165, 1.54) is 17.9 Å². The van der Waals surface area contributed by atoms with Crippen LogP contribution in [0.3, 0.4) is 0 Å². The predicted octanol–water partition coefficient (Wildman–Crippen LogP) is 2.30.